The van der Waals surface area contributed by atoms with E-state index in [1.807, 2.05) is 10.9 Å². The van der Waals surface area contributed by atoms with E-state index in [0.717, 1.165) is 35.4 Å². The summed E-state index contributed by atoms with van der Waals surface area (Å²) < 4.78 is 1.83. The van der Waals surface area contributed by atoms with E-state index in [1.54, 1.807) is 18.5 Å². The minimum absolute atomic E-state index is 0.383. The summed E-state index contributed by atoms with van der Waals surface area (Å²) in [6.45, 7) is 3.79. The first-order valence-corrected chi connectivity index (χ1v) is 7.39. The Morgan fingerprint density at radius 2 is 2.18 bits per heavy atom. The van der Waals surface area contributed by atoms with Crippen LogP contribution in [0.3, 0.4) is 0 Å². The van der Waals surface area contributed by atoms with Crippen LogP contribution in [0, 0.1) is 11.3 Å². The molecule has 0 atom stereocenters. The molecule has 5 heteroatoms. The fraction of sp³-hybridized carbons (Fsp3) is 0.294. The molecule has 1 fully saturated rings. The summed E-state index contributed by atoms with van der Waals surface area (Å²) in [7, 11) is 0. The molecule has 110 valence electrons. The molecule has 0 aromatic carbocycles. The van der Waals surface area contributed by atoms with Crippen molar-refractivity contribution in [3.8, 4) is 17.3 Å². The lowest BCUT2D eigenvalue weighted by Gasteiger charge is -2.08. The van der Waals surface area contributed by atoms with Gasteiger partial charge in [-0.25, -0.2) is 14.6 Å². The first kappa shape index (κ1) is 14.2. The summed E-state index contributed by atoms with van der Waals surface area (Å²) in [5.41, 5.74) is 4.95. The third-order valence-corrected chi connectivity index (χ3v) is 3.95. The number of nitriles is 1. The van der Waals surface area contributed by atoms with Crippen LogP contribution in [0.2, 0.25) is 0 Å². The van der Waals surface area contributed by atoms with Crippen molar-refractivity contribution in [1.82, 2.24) is 19.7 Å². The number of nitrogens with zero attached hydrogens (tertiary/aromatic N) is 5. The zero-order valence-electron chi connectivity index (χ0n) is 12.4. The van der Waals surface area contributed by atoms with Crippen molar-refractivity contribution >= 4 is 11.8 Å². The Morgan fingerprint density at radius 3 is 2.91 bits per heavy atom. The molecule has 0 amide bonds. The molecule has 0 aliphatic heterocycles. The summed E-state index contributed by atoms with van der Waals surface area (Å²) >= 11 is 0. The molecule has 2 aromatic rings. The molecule has 0 unspecified atom stereocenters. The minimum Gasteiger partial charge on any atom is -0.244 e. The highest BCUT2D eigenvalue weighted by Crippen LogP contribution is 2.31. The highest BCUT2D eigenvalue weighted by atomic mass is 15.3. The van der Waals surface area contributed by atoms with Gasteiger partial charge < -0.3 is 0 Å². The van der Waals surface area contributed by atoms with E-state index < -0.39 is 0 Å². The zero-order chi connectivity index (χ0) is 15.4. The molecule has 0 spiro atoms. The van der Waals surface area contributed by atoms with Gasteiger partial charge in [0.25, 0.3) is 0 Å². The fourth-order valence-electron chi connectivity index (χ4n) is 2.86. The highest BCUT2D eigenvalue weighted by molar-refractivity contribution is 5.70. The number of rotatable bonds is 4. The van der Waals surface area contributed by atoms with Gasteiger partial charge in [0.1, 0.15) is 6.33 Å². The van der Waals surface area contributed by atoms with Crippen LogP contribution >= 0.6 is 0 Å². The maximum atomic E-state index is 9.11. The largest absolute Gasteiger partial charge is 0.244 e. The Bertz CT molecular complexity index is 755. The lowest BCUT2D eigenvalue weighted by molar-refractivity contribution is 0.859. The molecule has 0 N–H and O–H groups in total. The average Bonchev–Trinajstić information content (AvgIpc) is 3.24. The summed E-state index contributed by atoms with van der Waals surface area (Å²) in [5, 5.41) is 13.5. The third-order valence-electron chi connectivity index (χ3n) is 3.95. The topological polar surface area (TPSA) is 67.4 Å². The van der Waals surface area contributed by atoms with Crippen LogP contribution in [0.1, 0.15) is 37.7 Å². The van der Waals surface area contributed by atoms with E-state index in [1.165, 1.54) is 24.7 Å². The molecule has 1 aliphatic rings. The molecule has 22 heavy (non-hydrogen) atoms. The molecule has 2 aromatic heterocycles. The van der Waals surface area contributed by atoms with Crippen LogP contribution in [0.25, 0.3) is 23.0 Å². The van der Waals surface area contributed by atoms with Crippen LogP contribution in [-0.2, 0) is 0 Å². The fourth-order valence-corrected chi connectivity index (χ4v) is 2.86. The summed E-state index contributed by atoms with van der Waals surface area (Å²) in [4.78, 5) is 8.33. The molecule has 1 saturated carbocycles. The molecular formula is C17H17N5. The van der Waals surface area contributed by atoms with Gasteiger partial charge >= 0.3 is 0 Å². The van der Waals surface area contributed by atoms with Crippen molar-refractivity contribution in [2.45, 2.75) is 32.1 Å². The van der Waals surface area contributed by atoms with Gasteiger partial charge in [0, 0.05) is 23.5 Å². The molecule has 5 nitrogen and oxygen atoms in total. The van der Waals surface area contributed by atoms with Gasteiger partial charge in [-0.2, -0.15) is 10.4 Å². The van der Waals surface area contributed by atoms with Crippen molar-refractivity contribution in [3.63, 3.8) is 0 Å². The van der Waals surface area contributed by atoms with Gasteiger partial charge in [0.2, 0.25) is 0 Å². The monoisotopic (exact) mass is 291 g/mol. The second-order valence-corrected chi connectivity index (χ2v) is 5.30. The first-order chi connectivity index (χ1) is 10.8. The van der Waals surface area contributed by atoms with Crippen LogP contribution in [-0.4, -0.2) is 19.7 Å². The van der Waals surface area contributed by atoms with Crippen molar-refractivity contribution in [2.24, 2.45) is 0 Å². The van der Waals surface area contributed by atoms with Gasteiger partial charge in [-0.15, -0.1) is 0 Å². The van der Waals surface area contributed by atoms with Crippen LogP contribution in [0.5, 0.6) is 0 Å². The van der Waals surface area contributed by atoms with Crippen LogP contribution < -0.4 is 0 Å². The lowest BCUT2D eigenvalue weighted by atomic mass is 10.1. The number of aromatic nitrogens is 4. The summed E-state index contributed by atoms with van der Waals surface area (Å²) in [5.74, 6) is 0. The first-order valence-electron chi connectivity index (χ1n) is 7.39. The summed E-state index contributed by atoms with van der Waals surface area (Å²) in [6.07, 6.45) is 13.6. The van der Waals surface area contributed by atoms with Crippen molar-refractivity contribution < 1.29 is 0 Å². The standard InChI is InChI=1S/C17H17N5/c1-2-13-9-19-12-20-17(13)15-10-21-22(11-15)16(7-8-18)14-5-3-4-6-14/h2,9-12H,1,3-7H2. The maximum Gasteiger partial charge on any atom is 0.116 e. The minimum atomic E-state index is 0.383. The Labute approximate surface area is 129 Å². The molecule has 0 saturated heterocycles. The number of hydrogen-bond donors (Lipinski definition) is 0. The third kappa shape index (κ3) is 2.68. The zero-order valence-corrected chi connectivity index (χ0v) is 12.4. The second kappa shape index (κ2) is 6.35. The molecular weight excluding hydrogens is 274 g/mol. The van der Waals surface area contributed by atoms with E-state index in [9.17, 15) is 0 Å². The Kier molecular flexibility index (Phi) is 4.10. The average molecular weight is 291 g/mol. The van der Waals surface area contributed by atoms with E-state index in [-0.39, 0.29) is 0 Å². The predicted molar refractivity (Wildman–Crippen MR) is 85.3 cm³/mol. The van der Waals surface area contributed by atoms with Gasteiger partial charge in [-0.05, 0) is 31.3 Å². The molecule has 0 bridgehead atoms. The van der Waals surface area contributed by atoms with E-state index in [4.69, 9.17) is 5.26 Å². The smallest absolute Gasteiger partial charge is 0.116 e. The Morgan fingerprint density at radius 1 is 1.36 bits per heavy atom. The van der Waals surface area contributed by atoms with E-state index in [2.05, 4.69) is 27.7 Å². The van der Waals surface area contributed by atoms with Gasteiger partial charge in [0.15, 0.2) is 0 Å². The van der Waals surface area contributed by atoms with Crippen molar-refractivity contribution in [1.29, 1.82) is 5.26 Å². The van der Waals surface area contributed by atoms with Crippen LogP contribution in [0.15, 0.2) is 37.1 Å². The Balaban J connectivity index is 2.01. The Hall–Kier alpha value is -2.74. The highest BCUT2D eigenvalue weighted by Gasteiger charge is 2.16. The second-order valence-electron chi connectivity index (χ2n) is 5.30. The van der Waals surface area contributed by atoms with Crippen molar-refractivity contribution in [2.75, 3.05) is 0 Å². The van der Waals surface area contributed by atoms with Gasteiger partial charge in [-0.3, -0.25) is 0 Å². The molecule has 0 radical (unpaired) electrons. The van der Waals surface area contributed by atoms with Gasteiger partial charge in [0.05, 0.1) is 30.1 Å². The quantitative estimate of drug-likeness (QED) is 0.861. The number of hydrogen-bond acceptors (Lipinski definition) is 4. The molecule has 1 aliphatic carbocycles. The summed E-state index contributed by atoms with van der Waals surface area (Å²) in [6, 6.07) is 2.25. The molecule has 2 heterocycles. The number of allylic oxidation sites excluding steroid dienone is 2. The van der Waals surface area contributed by atoms with Crippen molar-refractivity contribution in [3.05, 3.63) is 42.6 Å². The van der Waals surface area contributed by atoms with Crippen LogP contribution in [0.4, 0.5) is 0 Å². The van der Waals surface area contributed by atoms with Gasteiger partial charge in [-0.1, -0.05) is 12.7 Å². The SMILES string of the molecule is C=Cc1cncnc1-c1cnn(C(CC#N)=C2CCCC2)c1. The normalized spacial score (nSPS) is 13.9. The van der Waals surface area contributed by atoms with E-state index >= 15 is 0 Å². The predicted octanol–water partition coefficient (Wildman–Crippen LogP) is 3.68. The maximum absolute atomic E-state index is 9.11. The molecule has 3 rings (SSSR count). The lowest BCUT2D eigenvalue weighted by Crippen LogP contribution is -2.00. The van der Waals surface area contributed by atoms with E-state index in [0.29, 0.717) is 6.42 Å².